The van der Waals surface area contributed by atoms with Crippen molar-refractivity contribution >= 4 is 21.6 Å². The zero-order valence-corrected chi connectivity index (χ0v) is 15.2. The third-order valence-corrected chi connectivity index (χ3v) is 5.42. The van der Waals surface area contributed by atoms with Crippen LogP contribution in [0.1, 0.15) is 17.5 Å². The van der Waals surface area contributed by atoms with E-state index in [4.69, 9.17) is 0 Å². The van der Waals surface area contributed by atoms with Crippen molar-refractivity contribution in [3.63, 3.8) is 0 Å². The highest BCUT2D eigenvalue weighted by molar-refractivity contribution is 7.17. The molecule has 0 saturated carbocycles. The average molecular weight is 400 g/mol. The molecule has 2 heterocycles. The highest BCUT2D eigenvalue weighted by Crippen LogP contribution is 2.24. The molecule has 0 aliphatic carbocycles. The summed E-state index contributed by atoms with van der Waals surface area (Å²) in [6, 6.07) is 5.97. The van der Waals surface area contributed by atoms with Gasteiger partial charge in [0.25, 0.3) is 5.56 Å². The van der Waals surface area contributed by atoms with E-state index in [9.17, 15) is 27.2 Å². The predicted octanol–water partition coefficient (Wildman–Crippen LogP) is 3.87. The zero-order chi connectivity index (χ0) is 19.8. The van der Waals surface area contributed by atoms with Crippen LogP contribution in [0, 0.1) is 12.7 Å². The normalized spacial score (nSPS) is 12.0. The molecule has 1 aromatic carbocycles. The molecule has 0 fully saturated rings. The molecule has 3 aromatic rings. The summed E-state index contributed by atoms with van der Waals surface area (Å²) in [4.78, 5) is 25.7. The Morgan fingerprint density at radius 3 is 2.44 bits per heavy atom. The van der Waals surface area contributed by atoms with E-state index in [0.29, 0.717) is 11.1 Å². The minimum Gasteiger partial charge on any atom is -0.284 e. The van der Waals surface area contributed by atoms with Crippen LogP contribution in [0.15, 0.2) is 39.2 Å². The van der Waals surface area contributed by atoms with Crippen molar-refractivity contribution in [3.05, 3.63) is 67.4 Å². The Morgan fingerprint density at radius 2 is 1.78 bits per heavy atom. The van der Waals surface area contributed by atoms with Crippen LogP contribution in [-0.2, 0) is 19.5 Å². The summed E-state index contributed by atoms with van der Waals surface area (Å²) in [5.41, 5.74) is -0.448. The van der Waals surface area contributed by atoms with Crippen molar-refractivity contribution in [2.24, 2.45) is 0 Å². The van der Waals surface area contributed by atoms with Crippen LogP contribution in [0.25, 0.3) is 10.2 Å². The summed E-state index contributed by atoms with van der Waals surface area (Å²) in [6.45, 7) is 0.981. The second-order valence-electron chi connectivity index (χ2n) is 6.20. The van der Waals surface area contributed by atoms with Crippen LogP contribution in [0.2, 0.25) is 0 Å². The number of thiophene rings is 1. The number of fused-ring (bicyclic) bond motifs is 1. The van der Waals surface area contributed by atoms with Crippen LogP contribution in [0.4, 0.5) is 17.6 Å². The van der Waals surface area contributed by atoms with Crippen molar-refractivity contribution in [1.82, 2.24) is 9.13 Å². The molecule has 4 nitrogen and oxygen atoms in total. The lowest BCUT2D eigenvalue weighted by molar-refractivity contribution is -0.136. The van der Waals surface area contributed by atoms with Crippen LogP contribution >= 0.6 is 11.3 Å². The van der Waals surface area contributed by atoms with Crippen LogP contribution in [0.3, 0.4) is 0 Å². The number of hydrogen-bond donors (Lipinski definition) is 0. The van der Waals surface area contributed by atoms with Gasteiger partial charge in [-0.15, -0.1) is 11.3 Å². The molecule has 0 atom stereocenters. The fourth-order valence-electron chi connectivity index (χ4n) is 2.91. The molecule has 144 valence electrons. The summed E-state index contributed by atoms with van der Waals surface area (Å²) >= 11 is 1.07. The van der Waals surface area contributed by atoms with E-state index in [-0.39, 0.29) is 23.2 Å². The molecule has 0 saturated heterocycles. The molecule has 2 aromatic heterocycles. The quantitative estimate of drug-likeness (QED) is 0.611. The van der Waals surface area contributed by atoms with E-state index in [0.717, 1.165) is 20.5 Å². The monoisotopic (exact) mass is 400 g/mol. The summed E-state index contributed by atoms with van der Waals surface area (Å²) in [6.07, 6.45) is -5.52. The topological polar surface area (TPSA) is 44.0 Å². The number of alkyl halides is 3. The van der Waals surface area contributed by atoms with Crippen LogP contribution in [-0.4, -0.2) is 15.3 Å². The lowest BCUT2D eigenvalue weighted by Crippen LogP contribution is -2.40. The third kappa shape index (κ3) is 3.97. The first-order chi connectivity index (χ1) is 12.7. The summed E-state index contributed by atoms with van der Waals surface area (Å²) in [5, 5.41) is 1.87. The third-order valence-electron chi connectivity index (χ3n) is 4.30. The molecule has 0 aliphatic heterocycles. The summed E-state index contributed by atoms with van der Waals surface area (Å²) in [7, 11) is 0. The molecule has 0 unspecified atom stereocenters. The maximum absolute atomic E-state index is 13.8. The van der Waals surface area contributed by atoms with E-state index in [1.807, 2.05) is 0 Å². The Hall–Kier alpha value is -2.42. The van der Waals surface area contributed by atoms with Gasteiger partial charge in [0.2, 0.25) is 0 Å². The smallest absolute Gasteiger partial charge is 0.284 e. The molecule has 0 radical (unpaired) electrons. The standard InChI is InChI=1S/C18H16F4N2O2S/c1-11-10-27-16-14(11)15(25)23(8-6-12-4-2-3-5-13(12)19)17(26)24(16)9-7-18(20,21)22/h2-5,10H,6-9H2,1H3. The minimum atomic E-state index is -4.42. The van der Waals surface area contributed by atoms with Gasteiger partial charge in [-0.05, 0) is 35.9 Å². The van der Waals surface area contributed by atoms with Gasteiger partial charge < -0.3 is 0 Å². The predicted molar refractivity (Wildman–Crippen MR) is 95.9 cm³/mol. The number of aryl methyl sites for hydroxylation is 3. The van der Waals surface area contributed by atoms with Gasteiger partial charge in [-0.25, -0.2) is 9.18 Å². The number of nitrogens with zero attached hydrogens (tertiary/aromatic N) is 2. The van der Waals surface area contributed by atoms with Crippen molar-refractivity contribution in [3.8, 4) is 0 Å². The summed E-state index contributed by atoms with van der Waals surface area (Å²) < 4.78 is 53.6. The maximum atomic E-state index is 13.8. The number of hydrogen-bond acceptors (Lipinski definition) is 3. The first-order valence-electron chi connectivity index (χ1n) is 8.20. The molecule has 27 heavy (non-hydrogen) atoms. The lowest BCUT2D eigenvalue weighted by Gasteiger charge is -2.13. The molecule has 0 bridgehead atoms. The Labute approximate surface area is 155 Å². The first kappa shape index (κ1) is 19.3. The second-order valence-corrected chi connectivity index (χ2v) is 7.05. The lowest BCUT2D eigenvalue weighted by atomic mass is 10.1. The van der Waals surface area contributed by atoms with Gasteiger partial charge in [-0.1, -0.05) is 18.2 Å². The Balaban J connectivity index is 2.06. The largest absolute Gasteiger partial charge is 0.390 e. The van der Waals surface area contributed by atoms with E-state index >= 15 is 0 Å². The molecule has 3 rings (SSSR count). The highest BCUT2D eigenvalue weighted by atomic mass is 32.1. The van der Waals surface area contributed by atoms with Crippen molar-refractivity contribution in [2.45, 2.75) is 39.0 Å². The van der Waals surface area contributed by atoms with E-state index < -0.39 is 36.2 Å². The van der Waals surface area contributed by atoms with Gasteiger partial charge in [0.05, 0.1) is 11.8 Å². The van der Waals surface area contributed by atoms with Crippen molar-refractivity contribution in [1.29, 1.82) is 0 Å². The second kappa shape index (κ2) is 7.30. The van der Waals surface area contributed by atoms with Crippen molar-refractivity contribution in [2.75, 3.05) is 0 Å². The van der Waals surface area contributed by atoms with E-state index in [1.165, 1.54) is 18.2 Å². The van der Waals surface area contributed by atoms with Gasteiger partial charge >= 0.3 is 11.9 Å². The number of rotatable bonds is 5. The number of benzene rings is 1. The molecular weight excluding hydrogens is 384 g/mol. The fraction of sp³-hybridized carbons (Fsp3) is 0.333. The number of aromatic nitrogens is 2. The van der Waals surface area contributed by atoms with Gasteiger partial charge in [0.15, 0.2) is 0 Å². The number of halogens is 4. The molecule has 0 aliphatic rings. The van der Waals surface area contributed by atoms with Gasteiger partial charge in [-0.2, -0.15) is 13.2 Å². The Bertz CT molecular complexity index is 1100. The Morgan fingerprint density at radius 1 is 1.07 bits per heavy atom. The van der Waals surface area contributed by atoms with E-state index in [2.05, 4.69) is 0 Å². The molecule has 0 spiro atoms. The van der Waals surface area contributed by atoms with E-state index in [1.54, 1.807) is 18.4 Å². The molecule has 9 heteroatoms. The maximum Gasteiger partial charge on any atom is 0.390 e. The van der Waals surface area contributed by atoms with Gasteiger partial charge in [0.1, 0.15) is 10.6 Å². The van der Waals surface area contributed by atoms with Crippen molar-refractivity contribution < 1.29 is 17.6 Å². The van der Waals surface area contributed by atoms with Crippen LogP contribution in [0.5, 0.6) is 0 Å². The molecule has 0 amide bonds. The first-order valence-corrected chi connectivity index (χ1v) is 9.08. The zero-order valence-electron chi connectivity index (χ0n) is 14.3. The fourth-order valence-corrected chi connectivity index (χ4v) is 3.98. The highest BCUT2D eigenvalue weighted by Gasteiger charge is 2.28. The average Bonchev–Trinajstić information content (AvgIpc) is 2.97. The van der Waals surface area contributed by atoms with Gasteiger partial charge in [-0.3, -0.25) is 13.9 Å². The summed E-state index contributed by atoms with van der Waals surface area (Å²) in [5.74, 6) is -0.462. The Kier molecular flexibility index (Phi) is 5.23. The van der Waals surface area contributed by atoms with Gasteiger partial charge in [0, 0.05) is 13.1 Å². The van der Waals surface area contributed by atoms with Crippen LogP contribution < -0.4 is 11.2 Å². The molecule has 0 N–H and O–H groups in total. The SMILES string of the molecule is Cc1csc2c1c(=O)n(CCc1ccccc1F)c(=O)n2CCC(F)(F)F. The minimum absolute atomic E-state index is 0.0791. The molecular formula is C18H16F4N2O2S.